The van der Waals surface area contributed by atoms with Crippen LogP contribution in [0.5, 0.6) is 5.88 Å². The first-order chi connectivity index (χ1) is 14.5. The number of amides is 1. The number of nitrogen functional groups attached to an aromatic ring is 1. The summed E-state index contributed by atoms with van der Waals surface area (Å²) in [4.78, 5) is 22.3. The molecule has 2 unspecified atom stereocenters. The molecule has 1 fully saturated rings. The fourth-order valence-electron chi connectivity index (χ4n) is 3.88. The van der Waals surface area contributed by atoms with Gasteiger partial charge in [0.15, 0.2) is 11.5 Å². The highest BCUT2D eigenvalue weighted by Crippen LogP contribution is 2.39. The van der Waals surface area contributed by atoms with Crippen molar-refractivity contribution in [1.29, 1.82) is 0 Å². The molecule has 3 aromatic rings. The van der Waals surface area contributed by atoms with Crippen LogP contribution in [0.4, 0.5) is 11.6 Å². The molecule has 0 bridgehead atoms. The van der Waals surface area contributed by atoms with Crippen LogP contribution >= 0.6 is 0 Å². The molecule has 1 aliphatic heterocycles. The van der Waals surface area contributed by atoms with Crippen molar-refractivity contribution >= 4 is 23.7 Å². The lowest BCUT2D eigenvalue weighted by Crippen LogP contribution is -2.31. The van der Waals surface area contributed by atoms with Gasteiger partial charge in [0, 0.05) is 30.1 Å². The van der Waals surface area contributed by atoms with E-state index in [4.69, 9.17) is 15.5 Å². The van der Waals surface area contributed by atoms with Crippen LogP contribution in [0.1, 0.15) is 42.5 Å². The SMILES string of the molecule is Cc1cnc(OCC(C)NC=O)c(C2CCCN2c2ccn3nc(N)c(C)c3n2)c1. The van der Waals surface area contributed by atoms with Gasteiger partial charge in [-0.2, -0.15) is 0 Å². The number of nitrogens with zero attached hydrogens (tertiary/aromatic N) is 5. The van der Waals surface area contributed by atoms with Crippen LogP contribution in [0.2, 0.25) is 0 Å². The Balaban J connectivity index is 1.65. The molecular formula is C21H27N7O2. The van der Waals surface area contributed by atoms with Gasteiger partial charge in [0.25, 0.3) is 0 Å². The Morgan fingerprint density at radius 3 is 3.07 bits per heavy atom. The molecule has 1 saturated heterocycles. The lowest BCUT2D eigenvalue weighted by Gasteiger charge is -2.27. The van der Waals surface area contributed by atoms with Crippen LogP contribution in [0.25, 0.3) is 5.65 Å². The summed E-state index contributed by atoms with van der Waals surface area (Å²) in [6, 6.07) is 4.11. The van der Waals surface area contributed by atoms with Gasteiger partial charge < -0.3 is 20.7 Å². The maximum atomic E-state index is 10.7. The fourth-order valence-corrected chi connectivity index (χ4v) is 3.88. The zero-order valence-electron chi connectivity index (χ0n) is 17.5. The van der Waals surface area contributed by atoms with Crippen molar-refractivity contribution in [3.05, 3.63) is 41.2 Å². The topological polar surface area (TPSA) is 111 Å². The monoisotopic (exact) mass is 409 g/mol. The van der Waals surface area contributed by atoms with Gasteiger partial charge in [-0.15, -0.1) is 5.10 Å². The molecule has 0 spiro atoms. The molecule has 4 heterocycles. The summed E-state index contributed by atoms with van der Waals surface area (Å²) in [6.45, 7) is 7.10. The molecular weight excluding hydrogens is 382 g/mol. The van der Waals surface area contributed by atoms with Crippen molar-refractivity contribution in [2.75, 3.05) is 23.8 Å². The first-order valence-electron chi connectivity index (χ1n) is 10.1. The van der Waals surface area contributed by atoms with Crippen LogP contribution in [-0.2, 0) is 4.79 Å². The second-order valence-corrected chi connectivity index (χ2v) is 7.82. The van der Waals surface area contributed by atoms with E-state index in [1.807, 2.05) is 33.0 Å². The average Bonchev–Trinajstić information content (AvgIpc) is 3.32. The number of rotatable bonds is 7. The first-order valence-corrected chi connectivity index (χ1v) is 10.1. The normalized spacial score (nSPS) is 17.3. The van der Waals surface area contributed by atoms with Crippen molar-refractivity contribution in [3.63, 3.8) is 0 Å². The molecule has 1 aliphatic rings. The number of pyridine rings is 1. The highest BCUT2D eigenvalue weighted by Gasteiger charge is 2.30. The third-order valence-corrected chi connectivity index (χ3v) is 5.48. The van der Waals surface area contributed by atoms with Crippen LogP contribution in [0.3, 0.4) is 0 Å². The van der Waals surface area contributed by atoms with E-state index in [1.54, 1.807) is 10.7 Å². The second kappa shape index (κ2) is 8.17. The van der Waals surface area contributed by atoms with E-state index in [9.17, 15) is 4.79 Å². The molecule has 3 N–H and O–H groups in total. The molecule has 158 valence electrons. The summed E-state index contributed by atoms with van der Waals surface area (Å²) in [6.07, 6.45) is 6.42. The molecule has 0 saturated carbocycles. The zero-order valence-corrected chi connectivity index (χ0v) is 17.5. The van der Waals surface area contributed by atoms with Crippen molar-refractivity contribution in [2.45, 2.75) is 45.7 Å². The van der Waals surface area contributed by atoms with Crippen molar-refractivity contribution < 1.29 is 9.53 Å². The maximum absolute atomic E-state index is 10.7. The van der Waals surface area contributed by atoms with Crippen LogP contribution < -0.4 is 20.7 Å². The molecule has 9 nitrogen and oxygen atoms in total. The number of aromatic nitrogens is 4. The Kier molecular flexibility index (Phi) is 5.43. The molecule has 0 radical (unpaired) electrons. The minimum atomic E-state index is -0.0995. The smallest absolute Gasteiger partial charge is 0.218 e. The lowest BCUT2D eigenvalue weighted by molar-refractivity contribution is -0.110. The van der Waals surface area contributed by atoms with Crippen LogP contribution in [0, 0.1) is 13.8 Å². The summed E-state index contributed by atoms with van der Waals surface area (Å²) in [5.74, 6) is 1.98. The number of fused-ring (bicyclic) bond motifs is 1. The van der Waals surface area contributed by atoms with Gasteiger partial charge in [0.2, 0.25) is 12.3 Å². The Morgan fingerprint density at radius 2 is 2.27 bits per heavy atom. The molecule has 9 heteroatoms. The number of carbonyl (C=O) groups excluding carboxylic acids is 1. The molecule has 4 rings (SSSR count). The molecule has 3 aromatic heterocycles. The largest absolute Gasteiger partial charge is 0.475 e. The number of carbonyl (C=O) groups is 1. The highest BCUT2D eigenvalue weighted by atomic mass is 16.5. The fraction of sp³-hybridized carbons (Fsp3) is 0.429. The van der Waals surface area contributed by atoms with Crippen LogP contribution in [0.15, 0.2) is 24.5 Å². The quantitative estimate of drug-likeness (QED) is 0.575. The Morgan fingerprint density at radius 1 is 1.43 bits per heavy atom. The van der Waals surface area contributed by atoms with Gasteiger partial charge in [0.1, 0.15) is 12.4 Å². The number of hydrogen-bond donors (Lipinski definition) is 2. The Bertz CT molecular complexity index is 1060. The number of nitrogens with one attached hydrogen (secondary N) is 1. The highest BCUT2D eigenvalue weighted by molar-refractivity contribution is 5.61. The lowest BCUT2D eigenvalue weighted by atomic mass is 10.0. The molecule has 2 atom stereocenters. The number of anilines is 2. The predicted molar refractivity (Wildman–Crippen MR) is 115 cm³/mol. The van der Waals surface area contributed by atoms with Crippen molar-refractivity contribution in [2.24, 2.45) is 0 Å². The van der Waals surface area contributed by atoms with E-state index in [2.05, 4.69) is 26.4 Å². The third kappa shape index (κ3) is 3.74. The van der Waals surface area contributed by atoms with Crippen LogP contribution in [-0.4, -0.2) is 45.2 Å². The third-order valence-electron chi connectivity index (χ3n) is 5.48. The average molecular weight is 409 g/mol. The van der Waals surface area contributed by atoms with Crippen molar-refractivity contribution in [3.8, 4) is 5.88 Å². The van der Waals surface area contributed by atoms with E-state index in [-0.39, 0.29) is 12.1 Å². The molecule has 1 amide bonds. The first kappa shape index (κ1) is 19.9. The van der Waals surface area contributed by atoms with E-state index >= 15 is 0 Å². The van der Waals surface area contributed by atoms with Gasteiger partial charge in [-0.25, -0.2) is 14.5 Å². The molecule has 0 aromatic carbocycles. The Labute approximate surface area is 175 Å². The van der Waals surface area contributed by atoms with Gasteiger partial charge in [-0.3, -0.25) is 4.79 Å². The zero-order chi connectivity index (χ0) is 21.3. The predicted octanol–water partition coefficient (Wildman–Crippen LogP) is 2.18. The van der Waals surface area contributed by atoms with E-state index < -0.39 is 0 Å². The minimum absolute atomic E-state index is 0.0995. The summed E-state index contributed by atoms with van der Waals surface area (Å²) in [7, 11) is 0. The maximum Gasteiger partial charge on any atom is 0.218 e. The van der Waals surface area contributed by atoms with Gasteiger partial charge >= 0.3 is 0 Å². The minimum Gasteiger partial charge on any atom is -0.475 e. The number of nitrogens with two attached hydrogens (primary N) is 1. The molecule has 0 aliphatic carbocycles. The van der Waals surface area contributed by atoms with Gasteiger partial charge in [0.05, 0.1) is 12.1 Å². The summed E-state index contributed by atoms with van der Waals surface area (Å²) in [5.41, 5.74) is 9.71. The van der Waals surface area contributed by atoms with E-state index in [1.165, 1.54) is 0 Å². The van der Waals surface area contributed by atoms with E-state index in [0.717, 1.165) is 47.5 Å². The second-order valence-electron chi connectivity index (χ2n) is 7.82. The Hall–Kier alpha value is -3.36. The number of ether oxygens (including phenoxy) is 1. The van der Waals surface area contributed by atoms with Gasteiger partial charge in [-0.1, -0.05) is 0 Å². The number of aryl methyl sites for hydroxylation is 2. The summed E-state index contributed by atoms with van der Waals surface area (Å²) < 4.78 is 7.70. The standard InChI is InChI=1S/C21H27N7O2/c1-13-9-16(21(23-10-13)30-11-14(2)24-12-29)17-5-4-7-27(17)18-6-8-28-20(25-18)15(3)19(22)26-28/h6,8-10,12,14,17H,4-5,7,11H2,1-3H3,(H2,22,26)(H,24,29). The number of hydrogen-bond acceptors (Lipinski definition) is 7. The summed E-state index contributed by atoms with van der Waals surface area (Å²) >= 11 is 0. The molecule has 30 heavy (non-hydrogen) atoms. The van der Waals surface area contributed by atoms with Gasteiger partial charge in [-0.05, 0) is 51.3 Å². The van der Waals surface area contributed by atoms with Crippen molar-refractivity contribution in [1.82, 2.24) is 24.9 Å². The summed E-state index contributed by atoms with van der Waals surface area (Å²) in [5, 5.41) is 6.99. The van der Waals surface area contributed by atoms with E-state index in [0.29, 0.717) is 24.7 Å².